The maximum Gasteiger partial charge on any atom is 0.341 e. The van der Waals surface area contributed by atoms with E-state index in [2.05, 4.69) is 10.6 Å². The van der Waals surface area contributed by atoms with E-state index in [4.69, 9.17) is 10.5 Å². The first-order valence-electron chi connectivity index (χ1n) is 13.1. The molecule has 1 aromatic carbocycles. The lowest BCUT2D eigenvalue weighted by molar-refractivity contribution is -0.128. The molecule has 41 heavy (non-hydrogen) atoms. The summed E-state index contributed by atoms with van der Waals surface area (Å²) in [5.74, 6) is -3.79. The minimum atomic E-state index is -1.40. The number of aromatic carboxylic acids is 1. The number of methoxy groups -OCH3 is 1. The number of anilines is 1. The van der Waals surface area contributed by atoms with E-state index in [9.17, 15) is 24.3 Å². The third-order valence-corrected chi connectivity index (χ3v) is 7.14. The zero-order valence-electron chi connectivity index (χ0n) is 23.0. The van der Waals surface area contributed by atoms with Crippen LogP contribution >= 0.6 is 12.4 Å². The highest BCUT2D eigenvalue weighted by Crippen LogP contribution is 2.44. The van der Waals surface area contributed by atoms with Crippen LogP contribution in [0.1, 0.15) is 55.9 Å². The lowest BCUT2D eigenvalue weighted by Crippen LogP contribution is -2.49. The van der Waals surface area contributed by atoms with Gasteiger partial charge in [0.15, 0.2) is 11.6 Å². The number of amides is 2. The molecule has 2 fully saturated rings. The van der Waals surface area contributed by atoms with Crippen molar-refractivity contribution in [2.24, 2.45) is 5.73 Å². The van der Waals surface area contributed by atoms with Crippen LogP contribution < -0.4 is 31.4 Å². The van der Waals surface area contributed by atoms with E-state index in [1.165, 1.54) is 27.2 Å². The highest BCUT2D eigenvalue weighted by atomic mass is 35.5. The molecule has 1 aliphatic heterocycles. The number of hydrogen-bond donors (Lipinski definition) is 4. The molecule has 1 saturated heterocycles. The van der Waals surface area contributed by atoms with Gasteiger partial charge in [0.1, 0.15) is 23.1 Å². The predicted octanol–water partition coefficient (Wildman–Crippen LogP) is 2.40. The Morgan fingerprint density at radius 2 is 1.93 bits per heavy atom. The molecular formula is C27H34ClF2N5O6. The van der Waals surface area contributed by atoms with E-state index in [1.54, 1.807) is 9.47 Å². The molecular weight excluding hydrogens is 564 g/mol. The zero-order valence-corrected chi connectivity index (χ0v) is 23.8. The number of carboxylic acid groups (broad SMARTS) is 1. The number of rotatable bonds is 9. The van der Waals surface area contributed by atoms with Gasteiger partial charge in [-0.3, -0.25) is 14.4 Å². The second-order valence-corrected chi connectivity index (χ2v) is 10.2. The van der Waals surface area contributed by atoms with Crippen LogP contribution in [-0.4, -0.2) is 66.3 Å². The number of carbonyl (C=O) groups excluding carboxylic acids is 2. The molecule has 0 radical (unpaired) electrons. The number of carbonyl (C=O) groups is 3. The Kier molecular flexibility index (Phi) is 9.98. The first-order valence-corrected chi connectivity index (χ1v) is 13.1. The Morgan fingerprint density at radius 3 is 2.51 bits per heavy atom. The Bertz CT molecular complexity index is 1460. The van der Waals surface area contributed by atoms with Crippen molar-refractivity contribution >= 4 is 46.8 Å². The molecule has 5 N–H and O–H groups in total. The maximum absolute atomic E-state index is 15.6. The Labute approximate surface area is 241 Å². The standard InChI is InChI=1S/C27H33F2N5O6.ClH/c1-13(30)25(36)32-14(2)26(37)31-10-20(29)15-5-4-8-33(11-15)22-19(28)9-17-21(24(22)40-3)34(16-6-7-16)12-18(23(17)35)27(38)39;/h9,12-14,16H,4-8,10-11,30H2,1-3H3,(H,31,37)(H,32,36)(H,38,39);1H/b20-15+;/t13-,14-;/m0./s1. The van der Waals surface area contributed by atoms with Gasteiger partial charge in [0.2, 0.25) is 17.2 Å². The number of nitrogens with zero attached hydrogens (tertiary/aromatic N) is 2. The number of hydrogen-bond acceptors (Lipinski definition) is 7. The molecule has 2 aliphatic rings. The highest BCUT2D eigenvalue weighted by Gasteiger charge is 2.32. The molecule has 1 aliphatic carbocycles. The van der Waals surface area contributed by atoms with Crippen LogP contribution in [-0.2, 0) is 9.59 Å². The van der Waals surface area contributed by atoms with Crippen molar-refractivity contribution < 1.29 is 33.0 Å². The van der Waals surface area contributed by atoms with Crippen LogP contribution in [0.3, 0.4) is 0 Å². The normalized spacial score (nSPS) is 17.8. The molecule has 1 aromatic heterocycles. The number of halogens is 3. The quantitative estimate of drug-likeness (QED) is 0.343. The largest absolute Gasteiger partial charge is 0.492 e. The van der Waals surface area contributed by atoms with E-state index in [-0.39, 0.29) is 41.8 Å². The van der Waals surface area contributed by atoms with Gasteiger partial charge in [-0.15, -0.1) is 12.4 Å². The van der Waals surface area contributed by atoms with Crippen molar-refractivity contribution in [2.75, 3.05) is 31.6 Å². The summed E-state index contributed by atoms with van der Waals surface area (Å²) in [6.45, 7) is 2.92. The van der Waals surface area contributed by atoms with Gasteiger partial charge in [-0.25, -0.2) is 13.6 Å². The van der Waals surface area contributed by atoms with E-state index < -0.39 is 59.0 Å². The summed E-state index contributed by atoms with van der Waals surface area (Å²) in [5, 5.41) is 14.3. The van der Waals surface area contributed by atoms with E-state index in [0.717, 1.165) is 18.9 Å². The predicted molar refractivity (Wildman–Crippen MR) is 151 cm³/mol. The summed E-state index contributed by atoms with van der Waals surface area (Å²) in [6, 6.07) is -0.742. The van der Waals surface area contributed by atoms with E-state index >= 15 is 8.78 Å². The molecule has 14 heteroatoms. The topological polar surface area (TPSA) is 156 Å². The Balaban J connectivity index is 0.00000462. The van der Waals surface area contributed by atoms with E-state index in [0.29, 0.717) is 30.5 Å². The molecule has 2 heterocycles. The molecule has 0 spiro atoms. The smallest absolute Gasteiger partial charge is 0.341 e. The molecule has 2 atom stereocenters. The SMILES string of the molecule is COc1c(N2CCC/C(=C(\F)CNC(=O)[C@H](C)NC(=O)[C@H](C)N)C2)c(F)cc2c(=O)c(C(=O)O)cn(C3CC3)c12.Cl. The summed E-state index contributed by atoms with van der Waals surface area (Å²) in [4.78, 5) is 50.3. The van der Waals surface area contributed by atoms with Crippen molar-refractivity contribution in [3.8, 4) is 5.75 Å². The summed E-state index contributed by atoms with van der Waals surface area (Å²) in [7, 11) is 1.34. The highest BCUT2D eigenvalue weighted by molar-refractivity contribution is 5.97. The Hall–Kier alpha value is -3.71. The van der Waals surface area contributed by atoms with Crippen molar-refractivity contribution in [1.29, 1.82) is 0 Å². The fourth-order valence-electron chi connectivity index (χ4n) is 4.86. The molecule has 224 valence electrons. The maximum atomic E-state index is 15.6. The summed E-state index contributed by atoms with van der Waals surface area (Å²) in [5.41, 5.74) is 4.93. The number of fused-ring (bicyclic) bond motifs is 1. The molecule has 0 unspecified atom stereocenters. The number of aromatic nitrogens is 1. The van der Waals surface area contributed by atoms with Crippen LogP contribution in [0.2, 0.25) is 0 Å². The van der Waals surface area contributed by atoms with Crippen LogP contribution in [0.4, 0.5) is 14.5 Å². The number of nitrogens with one attached hydrogen (secondary N) is 2. The van der Waals surface area contributed by atoms with Crippen LogP contribution in [0, 0.1) is 5.82 Å². The van der Waals surface area contributed by atoms with Crippen molar-refractivity contribution in [3.63, 3.8) is 0 Å². The number of benzene rings is 1. The lowest BCUT2D eigenvalue weighted by Gasteiger charge is -2.33. The van der Waals surface area contributed by atoms with E-state index in [1.807, 2.05) is 0 Å². The monoisotopic (exact) mass is 597 g/mol. The lowest BCUT2D eigenvalue weighted by atomic mass is 10.0. The fourth-order valence-corrected chi connectivity index (χ4v) is 4.86. The van der Waals surface area contributed by atoms with Gasteiger partial charge in [-0.2, -0.15) is 0 Å². The van der Waals surface area contributed by atoms with Crippen LogP contribution in [0.5, 0.6) is 5.75 Å². The third-order valence-electron chi connectivity index (χ3n) is 7.14. The van der Waals surface area contributed by atoms with Gasteiger partial charge < -0.3 is 35.7 Å². The van der Waals surface area contributed by atoms with Crippen LogP contribution in [0.15, 0.2) is 28.5 Å². The minimum absolute atomic E-state index is 0. The van der Waals surface area contributed by atoms with Crippen molar-refractivity contribution in [3.05, 3.63) is 45.3 Å². The first-order chi connectivity index (χ1) is 18.9. The summed E-state index contributed by atoms with van der Waals surface area (Å²) >= 11 is 0. The van der Waals surface area contributed by atoms with Crippen LogP contribution in [0.25, 0.3) is 10.9 Å². The molecule has 1 saturated carbocycles. The van der Waals surface area contributed by atoms with Gasteiger partial charge >= 0.3 is 5.97 Å². The average Bonchev–Trinajstić information content (AvgIpc) is 3.76. The molecule has 11 nitrogen and oxygen atoms in total. The second kappa shape index (κ2) is 12.9. The zero-order chi connectivity index (χ0) is 29.3. The van der Waals surface area contributed by atoms with Gasteiger partial charge in [0.05, 0.1) is 30.6 Å². The number of piperidine rings is 1. The Morgan fingerprint density at radius 1 is 1.24 bits per heavy atom. The summed E-state index contributed by atoms with van der Waals surface area (Å²) < 4.78 is 38.1. The van der Waals surface area contributed by atoms with Gasteiger partial charge in [0, 0.05) is 25.3 Å². The first kappa shape index (κ1) is 31.8. The van der Waals surface area contributed by atoms with Gasteiger partial charge in [-0.1, -0.05) is 0 Å². The second-order valence-electron chi connectivity index (χ2n) is 10.2. The summed E-state index contributed by atoms with van der Waals surface area (Å²) in [6.07, 6.45) is 3.70. The minimum Gasteiger partial charge on any atom is -0.492 e. The van der Waals surface area contributed by atoms with Crippen molar-refractivity contribution in [2.45, 2.75) is 57.7 Å². The van der Waals surface area contributed by atoms with Gasteiger partial charge in [0.25, 0.3) is 0 Å². The molecule has 4 rings (SSSR count). The third kappa shape index (κ3) is 6.62. The number of carboxylic acids is 1. The van der Waals surface area contributed by atoms with Crippen molar-refractivity contribution in [1.82, 2.24) is 15.2 Å². The number of pyridine rings is 1. The molecule has 2 amide bonds. The van der Waals surface area contributed by atoms with Gasteiger partial charge in [-0.05, 0) is 51.2 Å². The number of nitrogens with two attached hydrogens (primary N) is 1. The molecule has 0 bridgehead atoms. The number of ether oxygens (including phenoxy) is 1. The fraction of sp³-hybridized carbons (Fsp3) is 0.481. The average molecular weight is 598 g/mol. The molecule has 2 aromatic rings.